The van der Waals surface area contributed by atoms with E-state index in [1.165, 1.54) is 6.08 Å². The summed E-state index contributed by atoms with van der Waals surface area (Å²) in [7, 11) is 0. The highest BCUT2D eigenvalue weighted by Gasteiger charge is 2.08. The Morgan fingerprint density at radius 2 is 1.63 bits per heavy atom. The Morgan fingerprint density at radius 1 is 0.967 bits per heavy atom. The normalized spacial score (nSPS) is 10.7. The summed E-state index contributed by atoms with van der Waals surface area (Å²) >= 11 is 0. The lowest BCUT2D eigenvalue weighted by Gasteiger charge is -2.09. The predicted octanol–water partition coefficient (Wildman–Crippen LogP) is 3.54. The molecule has 2 rings (SSSR count). The SMILES string of the molecule is CCOc1ccc(/C=C/C(=O)NNC(=O)c2ccc(NC(=O)CC(C)C)cc2)cc1. The third-order valence-electron chi connectivity index (χ3n) is 3.94. The van der Waals surface area contributed by atoms with E-state index in [4.69, 9.17) is 4.74 Å². The van der Waals surface area contributed by atoms with E-state index >= 15 is 0 Å². The van der Waals surface area contributed by atoms with E-state index in [0.29, 0.717) is 24.3 Å². The highest BCUT2D eigenvalue weighted by atomic mass is 16.5. The molecule has 3 amide bonds. The summed E-state index contributed by atoms with van der Waals surface area (Å²) in [5.74, 6) is 0.0282. The predicted molar refractivity (Wildman–Crippen MR) is 117 cm³/mol. The van der Waals surface area contributed by atoms with Crippen molar-refractivity contribution in [2.24, 2.45) is 5.92 Å². The second-order valence-electron chi connectivity index (χ2n) is 7.00. The van der Waals surface area contributed by atoms with Crippen molar-refractivity contribution in [2.45, 2.75) is 27.2 Å². The number of anilines is 1. The van der Waals surface area contributed by atoms with Crippen molar-refractivity contribution in [3.05, 3.63) is 65.7 Å². The molecule has 0 aliphatic carbocycles. The van der Waals surface area contributed by atoms with Gasteiger partial charge in [0.15, 0.2) is 0 Å². The van der Waals surface area contributed by atoms with Gasteiger partial charge in [-0.1, -0.05) is 26.0 Å². The third kappa shape index (κ3) is 7.79. The summed E-state index contributed by atoms with van der Waals surface area (Å²) in [5.41, 5.74) is 6.48. The molecule has 3 N–H and O–H groups in total. The van der Waals surface area contributed by atoms with Gasteiger partial charge in [-0.15, -0.1) is 0 Å². The zero-order chi connectivity index (χ0) is 21.9. The fourth-order valence-corrected chi connectivity index (χ4v) is 2.53. The Balaban J connectivity index is 1.81. The largest absolute Gasteiger partial charge is 0.494 e. The number of hydrogen-bond donors (Lipinski definition) is 3. The Hall–Kier alpha value is -3.61. The smallest absolute Gasteiger partial charge is 0.269 e. The minimum absolute atomic E-state index is 0.0752. The fourth-order valence-electron chi connectivity index (χ4n) is 2.53. The molecule has 2 aromatic rings. The number of hydrazine groups is 1. The van der Waals surface area contributed by atoms with Crippen LogP contribution >= 0.6 is 0 Å². The maximum absolute atomic E-state index is 12.2. The number of carbonyl (C=O) groups excluding carboxylic acids is 3. The van der Waals surface area contributed by atoms with Crippen molar-refractivity contribution < 1.29 is 19.1 Å². The molecule has 0 aromatic heterocycles. The van der Waals surface area contributed by atoms with E-state index in [9.17, 15) is 14.4 Å². The van der Waals surface area contributed by atoms with Crippen LogP contribution in [0.3, 0.4) is 0 Å². The maximum Gasteiger partial charge on any atom is 0.269 e. The van der Waals surface area contributed by atoms with Crippen molar-refractivity contribution in [1.29, 1.82) is 0 Å². The minimum Gasteiger partial charge on any atom is -0.494 e. The first-order chi connectivity index (χ1) is 14.4. The summed E-state index contributed by atoms with van der Waals surface area (Å²) in [6, 6.07) is 13.7. The molecular weight excluding hydrogens is 382 g/mol. The monoisotopic (exact) mass is 409 g/mol. The van der Waals surface area contributed by atoms with Crippen LogP contribution in [-0.4, -0.2) is 24.3 Å². The number of hydrogen-bond acceptors (Lipinski definition) is 4. The van der Waals surface area contributed by atoms with Crippen LogP contribution in [0.15, 0.2) is 54.6 Å². The Labute approximate surface area is 176 Å². The molecule has 7 heteroatoms. The lowest BCUT2D eigenvalue weighted by molar-refractivity contribution is -0.117. The molecule has 0 unspecified atom stereocenters. The van der Waals surface area contributed by atoms with Crippen LogP contribution in [-0.2, 0) is 9.59 Å². The number of nitrogens with one attached hydrogen (secondary N) is 3. The zero-order valence-corrected chi connectivity index (χ0v) is 17.4. The van der Waals surface area contributed by atoms with Gasteiger partial charge in [0.25, 0.3) is 11.8 Å². The van der Waals surface area contributed by atoms with E-state index in [0.717, 1.165) is 11.3 Å². The van der Waals surface area contributed by atoms with E-state index in [-0.39, 0.29) is 11.8 Å². The van der Waals surface area contributed by atoms with Crippen molar-refractivity contribution in [3.63, 3.8) is 0 Å². The molecule has 0 aliphatic heterocycles. The van der Waals surface area contributed by atoms with Crippen molar-refractivity contribution in [1.82, 2.24) is 10.9 Å². The van der Waals surface area contributed by atoms with E-state index in [2.05, 4.69) is 16.2 Å². The molecule has 158 valence electrons. The summed E-state index contributed by atoms with van der Waals surface area (Å²) in [6.07, 6.45) is 3.38. The van der Waals surface area contributed by atoms with Gasteiger partial charge in [-0.2, -0.15) is 0 Å². The van der Waals surface area contributed by atoms with Gasteiger partial charge in [-0.05, 0) is 60.9 Å². The average molecular weight is 409 g/mol. The van der Waals surface area contributed by atoms with Gasteiger partial charge < -0.3 is 10.1 Å². The van der Waals surface area contributed by atoms with E-state index in [1.807, 2.05) is 45.0 Å². The van der Waals surface area contributed by atoms with Crippen LogP contribution in [0, 0.1) is 5.92 Å². The molecule has 0 saturated heterocycles. The summed E-state index contributed by atoms with van der Waals surface area (Å²) in [4.78, 5) is 35.8. The first kappa shape index (κ1) is 22.7. The fraction of sp³-hybridized carbons (Fsp3) is 0.261. The van der Waals surface area contributed by atoms with Crippen LogP contribution in [0.4, 0.5) is 5.69 Å². The Morgan fingerprint density at radius 3 is 2.23 bits per heavy atom. The lowest BCUT2D eigenvalue weighted by Crippen LogP contribution is -2.40. The topological polar surface area (TPSA) is 96.5 Å². The van der Waals surface area contributed by atoms with Crippen LogP contribution in [0.5, 0.6) is 5.75 Å². The van der Waals surface area contributed by atoms with Crippen molar-refractivity contribution >= 4 is 29.5 Å². The van der Waals surface area contributed by atoms with Crippen LogP contribution < -0.4 is 20.9 Å². The van der Waals surface area contributed by atoms with Gasteiger partial charge in [0.1, 0.15) is 5.75 Å². The molecule has 7 nitrogen and oxygen atoms in total. The minimum atomic E-state index is -0.463. The Kier molecular flexibility index (Phi) is 8.62. The van der Waals surface area contributed by atoms with Crippen molar-refractivity contribution in [2.75, 3.05) is 11.9 Å². The lowest BCUT2D eigenvalue weighted by atomic mass is 10.1. The first-order valence-corrected chi connectivity index (χ1v) is 9.78. The summed E-state index contributed by atoms with van der Waals surface area (Å²) in [6.45, 7) is 6.43. The Bertz CT molecular complexity index is 888. The maximum atomic E-state index is 12.2. The van der Waals surface area contributed by atoms with Crippen LogP contribution in [0.2, 0.25) is 0 Å². The first-order valence-electron chi connectivity index (χ1n) is 9.78. The molecule has 0 fully saturated rings. The molecule has 0 saturated carbocycles. The summed E-state index contributed by atoms with van der Waals surface area (Å²) < 4.78 is 5.36. The number of benzene rings is 2. The third-order valence-corrected chi connectivity index (χ3v) is 3.94. The van der Waals surface area contributed by atoms with Gasteiger partial charge >= 0.3 is 0 Å². The molecule has 0 heterocycles. The van der Waals surface area contributed by atoms with Gasteiger partial charge in [0.2, 0.25) is 5.91 Å². The molecule has 2 aromatic carbocycles. The molecule has 0 bridgehead atoms. The van der Waals surface area contributed by atoms with Crippen LogP contribution in [0.1, 0.15) is 43.1 Å². The van der Waals surface area contributed by atoms with Gasteiger partial charge in [-0.3, -0.25) is 25.2 Å². The molecule has 0 atom stereocenters. The highest BCUT2D eigenvalue weighted by Crippen LogP contribution is 2.13. The molecule has 0 aliphatic rings. The number of carbonyl (C=O) groups is 3. The number of amides is 3. The van der Waals surface area contributed by atoms with Crippen LogP contribution in [0.25, 0.3) is 6.08 Å². The van der Waals surface area contributed by atoms with Gasteiger partial charge in [0, 0.05) is 23.7 Å². The van der Waals surface area contributed by atoms with Gasteiger partial charge in [-0.25, -0.2) is 0 Å². The van der Waals surface area contributed by atoms with Gasteiger partial charge in [0.05, 0.1) is 6.61 Å². The molecular formula is C23H27N3O4. The van der Waals surface area contributed by atoms with E-state index < -0.39 is 11.8 Å². The summed E-state index contributed by atoms with van der Waals surface area (Å²) in [5, 5.41) is 2.77. The highest BCUT2D eigenvalue weighted by molar-refractivity contribution is 5.98. The number of rotatable bonds is 8. The second-order valence-corrected chi connectivity index (χ2v) is 7.00. The van der Waals surface area contributed by atoms with Crippen molar-refractivity contribution in [3.8, 4) is 5.75 Å². The number of ether oxygens (including phenoxy) is 1. The average Bonchev–Trinajstić information content (AvgIpc) is 2.71. The zero-order valence-electron chi connectivity index (χ0n) is 17.4. The second kappa shape index (κ2) is 11.4. The molecule has 30 heavy (non-hydrogen) atoms. The standard InChI is InChI=1S/C23H27N3O4/c1-4-30-20-12-5-17(6-13-20)7-14-21(27)25-26-23(29)18-8-10-19(11-9-18)24-22(28)15-16(2)3/h5-14,16H,4,15H2,1-3H3,(H,24,28)(H,25,27)(H,26,29)/b14-7+. The molecule has 0 radical (unpaired) electrons. The van der Waals surface area contributed by atoms with E-state index in [1.54, 1.807) is 30.3 Å². The molecule has 0 spiro atoms. The quantitative estimate of drug-likeness (QED) is 0.459.